The van der Waals surface area contributed by atoms with Gasteiger partial charge in [-0.3, -0.25) is 4.79 Å². The minimum Gasteiger partial charge on any atom is -0.375 e. The summed E-state index contributed by atoms with van der Waals surface area (Å²) in [4.78, 5) is 20.0. The molecule has 166 valence electrons. The molecule has 3 heterocycles. The van der Waals surface area contributed by atoms with Crippen LogP contribution in [-0.4, -0.2) is 46.2 Å². The summed E-state index contributed by atoms with van der Waals surface area (Å²) in [5.41, 5.74) is 0.803. The molecule has 0 N–H and O–H groups in total. The third-order valence-electron chi connectivity index (χ3n) is 7.49. The van der Waals surface area contributed by atoms with Crippen LogP contribution in [0, 0.1) is 5.92 Å². The highest BCUT2D eigenvalue weighted by molar-refractivity contribution is 5.91. The molecule has 3 fully saturated rings. The van der Waals surface area contributed by atoms with E-state index in [1.54, 1.807) is 0 Å². The predicted octanol–water partition coefficient (Wildman–Crippen LogP) is 4.26. The van der Waals surface area contributed by atoms with Gasteiger partial charge in [-0.15, -0.1) is 0 Å². The van der Waals surface area contributed by atoms with Gasteiger partial charge in [-0.25, -0.2) is 0 Å². The third kappa shape index (κ3) is 4.02. The lowest BCUT2D eigenvalue weighted by atomic mass is 9.78. The molecule has 2 aromatic rings. The number of hydrogen-bond acceptors (Lipinski definition) is 5. The molecule has 6 heteroatoms. The molecule has 2 aliphatic heterocycles. The van der Waals surface area contributed by atoms with E-state index in [0.29, 0.717) is 11.8 Å². The van der Waals surface area contributed by atoms with Crippen LogP contribution >= 0.6 is 0 Å². The molecule has 6 nitrogen and oxygen atoms in total. The Hall–Kier alpha value is -2.21. The van der Waals surface area contributed by atoms with Crippen LogP contribution in [0.15, 0.2) is 34.9 Å². The summed E-state index contributed by atoms with van der Waals surface area (Å²) in [6, 6.07) is 10.3. The van der Waals surface area contributed by atoms with Gasteiger partial charge in [0.25, 0.3) is 0 Å². The molecule has 31 heavy (non-hydrogen) atoms. The van der Waals surface area contributed by atoms with Crippen molar-refractivity contribution in [2.75, 3.05) is 19.7 Å². The second kappa shape index (κ2) is 8.05. The molecular formula is C25H33N3O3. The highest BCUT2D eigenvalue weighted by Crippen LogP contribution is 2.50. The summed E-state index contributed by atoms with van der Waals surface area (Å²) in [5.74, 6) is 2.62. The maximum atomic E-state index is 13.4. The van der Waals surface area contributed by atoms with Gasteiger partial charge in [0.15, 0.2) is 5.82 Å². The number of amides is 1. The number of aromatic nitrogens is 2. The van der Waals surface area contributed by atoms with Crippen LogP contribution in [0.1, 0.15) is 75.6 Å². The first kappa shape index (κ1) is 20.7. The van der Waals surface area contributed by atoms with E-state index >= 15 is 0 Å². The number of likely N-dealkylation sites (tertiary alicyclic amines) is 1. The van der Waals surface area contributed by atoms with E-state index in [9.17, 15) is 4.79 Å². The summed E-state index contributed by atoms with van der Waals surface area (Å²) in [6.45, 7) is 6.50. The van der Waals surface area contributed by atoms with Crippen molar-refractivity contribution in [1.82, 2.24) is 15.0 Å². The Labute approximate surface area is 184 Å². The van der Waals surface area contributed by atoms with Crippen LogP contribution in [0.5, 0.6) is 0 Å². The molecule has 1 unspecified atom stereocenters. The van der Waals surface area contributed by atoms with Crippen LogP contribution in [0.25, 0.3) is 0 Å². The molecular weight excluding hydrogens is 390 g/mol. The molecule has 1 amide bonds. The predicted molar refractivity (Wildman–Crippen MR) is 117 cm³/mol. The normalized spacial score (nSPS) is 24.5. The van der Waals surface area contributed by atoms with Crippen LogP contribution in [0.4, 0.5) is 0 Å². The number of carbonyl (C=O) groups is 1. The Balaban J connectivity index is 1.20. The highest BCUT2D eigenvalue weighted by Gasteiger charge is 2.54. The summed E-state index contributed by atoms with van der Waals surface area (Å²) in [7, 11) is 0. The smallest absolute Gasteiger partial charge is 0.233 e. The van der Waals surface area contributed by atoms with Gasteiger partial charge >= 0.3 is 0 Å². The summed E-state index contributed by atoms with van der Waals surface area (Å²) < 4.78 is 11.7. The van der Waals surface area contributed by atoms with E-state index in [1.165, 1.54) is 5.56 Å². The van der Waals surface area contributed by atoms with E-state index < -0.39 is 0 Å². The second-order valence-electron chi connectivity index (χ2n) is 10.0. The Morgan fingerprint density at radius 3 is 2.55 bits per heavy atom. The Kier molecular flexibility index (Phi) is 5.37. The second-order valence-corrected chi connectivity index (χ2v) is 10.0. The van der Waals surface area contributed by atoms with Gasteiger partial charge in [0.2, 0.25) is 11.8 Å². The average Bonchev–Trinajstić information content (AvgIpc) is 3.47. The molecule has 3 aliphatic rings. The van der Waals surface area contributed by atoms with Gasteiger partial charge < -0.3 is 14.2 Å². The van der Waals surface area contributed by atoms with Crippen molar-refractivity contribution < 1.29 is 14.1 Å². The zero-order valence-corrected chi connectivity index (χ0v) is 18.7. The van der Waals surface area contributed by atoms with Crippen molar-refractivity contribution >= 4 is 5.91 Å². The number of carbonyl (C=O) groups excluding carboxylic acids is 1. The minimum absolute atomic E-state index is 0.103. The summed E-state index contributed by atoms with van der Waals surface area (Å²) >= 11 is 0. The van der Waals surface area contributed by atoms with Crippen molar-refractivity contribution in [1.29, 1.82) is 0 Å². The van der Waals surface area contributed by atoms with Gasteiger partial charge in [-0.2, -0.15) is 4.98 Å². The number of benzene rings is 1. The fourth-order valence-corrected chi connectivity index (χ4v) is 5.42. The molecule has 0 radical (unpaired) electrons. The first-order valence-electron chi connectivity index (χ1n) is 11.8. The topological polar surface area (TPSA) is 68.5 Å². The number of hydrogen-bond donors (Lipinski definition) is 0. The van der Waals surface area contributed by atoms with Crippen LogP contribution in [0.3, 0.4) is 0 Å². The first-order chi connectivity index (χ1) is 15.0. The molecule has 0 bridgehead atoms. The number of ether oxygens (including phenoxy) is 1. The lowest BCUT2D eigenvalue weighted by Gasteiger charge is -2.46. The van der Waals surface area contributed by atoms with Gasteiger partial charge in [-0.05, 0) is 50.0 Å². The van der Waals surface area contributed by atoms with Crippen molar-refractivity contribution in [3.63, 3.8) is 0 Å². The van der Waals surface area contributed by atoms with Gasteiger partial charge in [0.1, 0.15) is 0 Å². The molecule has 1 aromatic carbocycles. The lowest BCUT2D eigenvalue weighted by Crippen LogP contribution is -2.52. The van der Waals surface area contributed by atoms with Gasteiger partial charge in [-0.1, -0.05) is 49.3 Å². The monoisotopic (exact) mass is 423 g/mol. The standard InChI is InChI=1S/C25H33N3O3/c1-18(2)22-26-21(27-31-22)16-19-8-15-30-24(17-19)11-13-28(14-12-24)23(29)25(9-10-25)20-6-4-3-5-7-20/h3-7,18-19H,8-17H2,1-2H3. The zero-order chi connectivity index (χ0) is 21.5. The number of rotatable bonds is 5. The van der Waals surface area contributed by atoms with Crippen molar-refractivity contribution in [3.05, 3.63) is 47.6 Å². The van der Waals surface area contributed by atoms with Crippen molar-refractivity contribution in [2.45, 2.75) is 75.7 Å². The zero-order valence-electron chi connectivity index (χ0n) is 18.7. The summed E-state index contributed by atoms with van der Waals surface area (Å²) in [5, 5.41) is 4.18. The molecule has 1 atom stereocenters. The Morgan fingerprint density at radius 2 is 1.90 bits per heavy atom. The lowest BCUT2D eigenvalue weighted by molar-refractivity contribution is -0.149. The largest absolute Gasteiger partial charge is 0.375 e. The van der Waals surface area contributed by atoms with Crippen molar-refractivity contribution in [2.24, 2.45) is 5.92 Å². The number of piperidine rings is 1. The fraction of sp³-hybridized carbons (Fsp3) is 0.640. The van der Waals surface area contributed by atoms with Crippen LogP contribution in [-0.2, 0) is 21.4 Å². The van der Waals surface area contributed by atoms with E-state index in [4.69, 9.17) is 9.26 Å². The fourth-order valence-electron chi connectivity index (χ4n) is 5.42. The van der Waals surface area contributed by atoms with Crippen LogP contribution < -0.4 is 0 Å². The van der Waals surface area contributed by atoms with E-state index in [2.05, 4.69) is 41.0 Å². The Morgan fingerprint density at radius 1 is 1.16 bits per heavy atom. The molecule has 1 spiro atoms. The maximum absolute atomic E-state index is 13.4. The molecule has 2 saturated heterocycles. The van der Waals surface area contributed by atoms with Crippen molar-refractivity contribution in [3.8, 4) is 0 Å². The van der Waals surface area contributed by atoms with E-state index in [0.717, 1.165) is 76.4 Å². The summed E-state index contributed by atoms with van der Waals surface area (Å²) in [6.07, 6.45) is 6.68. The van der Waals surface area contributed by atoms with Crippen LogP contribution in [0.2, 0.25) is 0 Å². The number of nitrogens with zero attached hydrogens (tertiary/aromatic N) is 3. The Bertz CT molecular complexity index is 911. The highest BCUT2D eigenvalue weighted by atomic mass is 16.5. The van der Waals surface area contributed by atoms with E-state index in [1.807, 2.05) is 18.2 Å². The molecule has 1 aliphatic carbocycles. The SMILES string of the molecule is CC(C)c1nc(CC2CCOC3(CCN(C(=O)C4(c5ccccc5)CC4)CC3)C2)no1. The molecule has 5 rings (SSSR count). The average molecular weight is 424 g/mol. The molecule has 1 aromatic heterocycles. The maximum Gasteiger partial charge on any atom is 0.233 e. The third-order valence-corrected chi connectivity index (χ3v) is 7.49. The minimum atomic E-state index is -0.269. The quantitative estimate of drug-likeness (QED) is 0.719. The van der Waals surface area contributed by atoms with Gasteiger partial charge in [0, 0.05) is 32.0 Å². The van der Waals surface area contributed by atoms with E-state index in [-0.39, 0.29) is 16.9 Å². The van der Waals surface area contributed by atoms with Gasteiger partial charge in [0.05, 0.1) is 11.0 Å². The first-order valence-corrected chi connectivity index (χ1v) is 11.8. The molecule has 1 saturated carbocycles.